The standard InChI is InChI=1S/C7H5ClFN3O2/c8-6-3-5(1-2-7(6)9)11-10-4-12(13)14/h1-4,11H/b10-4-. The van der Waals surface area contributed by atoms with Gasteiger partial charge in [-0.05, 0) is 23.1 Å². The summed E-state index contributed by atoms with van der Waals surface area (Å²) in [5, 5.41) is 13.0. The highest BCUT2D eigenvalue weighted by atomic mass is 35.5. The Bertz CT molecular complexity index is 383. The van der Waals surface area contributed by atoms with Gasteiger partial charge in [0.05, 0.1) is 10.7 Å². The molecule has 5 nitrogen and oxygen atoms in total. The monoisotopic (exact) mass is 217 g/mol. The summed E-state index contributed by atoms with van der Waals surface area (Å²) in [5.41, 5.74) is 2.69. The molecule has 7 heteroatoms. The lowest BCUT2D eigenvalue weighted by Gasteiger charge is -1.96. The minimum absolute atomic E-state index is 0.0775. The van der Waals surface area contributed by atoms with Crippen LogP contribution < -0.4 is 5.43 Å². The largest absolute Gasteiger partial charge is 0.358 e. The molecule has 0 aromatic heterocycles. The Labute approximate surface area is 83.3 Å². The second-order valence-electron chi connectivity index (χ2n) is 2.27. The first-order valence-electron chi connectivity index (χ1n) is 3.47. The molecular weight excluding hydrogens is 213 g/mol. The molecular formula is C7H5ClFN3O2. The third kappa shape index (κ3) is 2.98. The molecule has 1 aromatic rings. The highest BCUT2D eigenvalue weighted by Gasteiger charge is 2.00. The van der Waals surface area contributed by atoms with Crippen molar-refractivity contribution in [1.82, 2.24) is 0 Å². The van der Waals surface area contributed by atoms with Crippen LogP contribution >= 0.6 is 11.6 Å². The highest BCUT2D eigenvalue weighted by molar-refractivity contribution is 6.31. The van der Waals surface area contributed by atoms with E-state index >= 15 is 0 Å². The second-order valence-corrected chi connectivity index (χ2v) is 2.68. The summed E-state index contributed by atoms with van der Waals surface area (Å²) in [4.78, 5) is 9.12. The first kappa shape index (κ1) is 10.4. The van der Waals surface area contributed by atoms with Crippen LogP contribution in [0.1, 0.15) is 0 Å². The average Bonchev–Trinajstić information content (AvgIpc) is 2.10. The van der Waals surface area contributed by atoms with Crippen molar-refractivity contribution >= 4 is 23.6 Å². The van der Waals surface area contributed by atoms with E-state index in [1.54, 1.807) is 0 Å². The van der Waals surface area contributed by atoms with E-state index in [0.717, 1.165) is 6.07 Å². The fraction of sp³-hybridized carbons (Fsp3) is 0. The second kappa shape index (κ2) is 4.52. The predicted molar refractivity (Wildman–Crippen MR) is 50.5 cm³/mol. The number of hydrazone groups is 1. The van der Waals surface area contributed by atoms with Crippen molar-refractivity contribution in [2.75, 3.05) is 5.43 Å². The van der Waals surface area contributed by atoms with Crippen LogP contribution in [0, 0.1) is 15.9 Å². The third-order valence-corrected chi connectivity index (χ3v) is 1.55. The minimum Gasteiger partial charge on any atom is -0.358 e. The topological polar surface area (TPSA) is 67.5 Å². The van der Waals surface area contributed by atoms with Gasteiger partial charge in [0, 0.05) is 5.10 Å². The molecule has 1 rings (SSSR count). The third-order valence-electron chi connectivity index (χ3n) is 1.27. The van der Waals surface area contributed by atoms with E-state index in [2.05, 4.69) is 10.5 Å². The summed E-state index contributed by atoms with van der Waals surface area (Å²) in [6.07, 6.45) is 0.483. The molecule has 1 N–H and O–H groups in total. The summed E-state index contributed by atoms with van der Waals surface area (Å²) in [5.74, 6) is -0.560. The lowest BCUT2D eigenvalue weighted by atomic mass is 10.3. The smallest absolute Gasteiger partial charge is 0.352 e. The van der Waals surface area contributed by atoms with Crippen molar-refractivity contribution in [3.05, 3.63) is 39.2 Å². The molecule has 0 bridgehead atoms. The molecule has 0 amide bonds. The SMILES string of the molecule is O=[N+]([O-])/C=N\Nc1ccc(F)c(Cl)c1. The zero-order valence-electron chi connectivity index (χ0n) is 6.78. The molecule has 0 saturated heterocycles. The molecule has 0 fully saturated rings. The maximum absolute atomic E-state index is 12.6. The molecule has 0 radical (unpaired) electrons. The molecule has 14 heavy (non-hydrogen) atoms. The Morgan fingerprint density at radius 3 is 2.93 bits per heavy atom. The number of benzene rings is 1. The van der Waals surface area contributed by atoms with Crippen LogP contribution in [0.4, 0.5) is 10.1 Å². The lowest BCUT2D eigenvalue weighted by molar-refractivity contribution is -0.339. The Hall–Kier alpha value is -1.69. The molecule has 0 spiro atoms. The van der Waals surface area contributed by atoms with Gasteiger partial charge in [-0.3, -0.25) is 0 Å². The Balaban J connectivity index is 2.69. The van der Waals surface area contributed by atoms with Crippen molar-refractivity contribution in [1.29, 1.82) is 0 Å². The fourth-order valence-corrected chi connectivity index (χ4v) is 0.897. The number of nitrogens with zero attached hydrogens (tertiary/aromatic N) is 2. The Morgan fingerprint density at radius 2 is 2.36 bits per heavy atom. The zero-order chi connectivity index (χ0) is 10.6. The van der Waals surface area contributed by atoms with Crippen molar-refractivity contribution in [2.45, 2.75) is 0 Å². The number of nitro groups is 1. The number of halogens is 2. The predicted octanol–water partition coefficient (Wildman–Crippen LogP) is 2.11. The molecule has 74 valence electrons. The van der Waals surface area contributed by atoms with Crippen LogP contribution in [-0.2, 0) is 0 Å². The quantitative estimate of drug-likeness (QED) is 0.365. The maximum atomic E-state index is 12.6. The van der Waals surface area contributed by atoms with Gasteiger partial charge < -0.3 is 10.1 Å². The van der Waals surface area contributed by atoms with Gasteiger partial charge in [-0.15, -0.1) is 0 Å². The number of nitrogens with one attached hydrogen (secondary N) is 1. The molecule has 0 saturated carbocycles. The van der Waals surface area contributed by atoms with Crippen molar-refractivity contribution < 1.29 is 9.31 Å². The Morgan fingerprint density at radius 1 is 1.64 bits per heavy atom. The minimum atomic E-state index is -0.724. The molecule has 0 heterocycles. The summed E-state index contributed by atoms with van der Waals surface area (Å²) >= 11 is 5.45. The van der Waals surface area contributed by atoms with Crippen LogP contribution in [0.15, 0.2) is 23.3 Å². The van der Waals surface area contributed by atoms with Crippen LogP contribution in [0.25, 0.3) is 0 Å². The average molecular weight is 218 g/mol. The van der Waals surface area contributed by atoms with Gasteiger partial charge in [-0.25, -0.2) is 4.39 Å². The van der Waals surface area contributed by atoms with Gasteiger partial charge in [0.2, 0.25) is 0 Å². The number of anilines is 1. The fourth-order valence-electron chi connectivity index (χ4n) is 0.716. The van der Waals surface area contributed by atoms with E-state index in [0.29, 0.717) is 12.0 Å². The molecule has 0 unspecified atom stereocenters. The Kier molecular flexibility index (Phi) is 3.35. The summed E-state index contributed by atoms with van der Waals surface area (Å²) in [7, 11) is 0. The van der Waals surface area contributed by atoms with Crippen molar-refractivity contribution in [3.8, 4) is 0 Å². The zero-order valence-corrected chi connectivity index (χ0v) is 7.53. The van der Waals surface area contributed by atoms with Gasteiger partial charge in [-0.1, -0.05) is 11.6 Å². The van der Waals surface area contributed by atoms with E-state index in [1.165, 1.54) is 12.1 Å². The molecule has 1 aromatic carbocycles. The summed E-state index contributed by atoms with van der Waals surface area (Å²) < 4.78 is 12.6. The lowest BCUT2D eigenvalue weighted by Crippen LogP contribution is -1.97. The van der Waals surface area contributed by atoms with E-state index < -0.39 is 10.7 Å². The van der Waals surface area contributed by atoms with E-state index in [-0.39, 0.29) is 5.02 Å². The van der Waals surface area contributed by atoms with Gasteiger partial charge in [0.25, 0.3) is 0 Å². The molecule has 0 aliphatic carbocycles. The van der Waals surface area contributed by atoms with Crippen molar-refractivity contribution in [3.63, 3.8) is 0 Å². The van der Waals surface area contributed by atoms with Crippen LogP contribution in [0.2, 0.25) is 5.02 Å². The highest BCUT2D eigenvalue weighted by Crippen LogP contribution is 2.18. The molecule has 0 aliphatic rings. The summed E-state index contributed by atoms with van der Waals surface area (Å²) in [6.45, 7) is 0. The van der Waals surface area contributed by atoms with Gasteiger partial charge in [0.1, 0.15) is 5.82 Å². The number of rotatable bonds is 3. The van der Waals surface area contributed by atoms with E-state index in [9.17, 15) is 14.5 Å². The van der Waals surface area contributed by atoms with Crippen LogP contribution in [0.5, 0.6) is 0 Å². The van der Waals surface area contributed by atoms with E-state index in [1.807, 2.05) is 0 Å². The number of hydrogen-bond donors (Lipinski definition) is 1. The van der Waals surface area contributed by atoms with E-state index in [4.69, 9.17) is 11.6 Å². The van der Waals surface area contributed by atoms with Gasteiger partial charge >= 0.3 is 6.34 Å². The van der Waals surface area contributed by atoms with Gasteiger partial charge in [-0.2, -0.15) is 5.43 Å². The normalized spacial score (nSPS) is 10.4. The number of hydrogen-bond acceptors (Lipinski definition) is 4. The summed E-state index contributed by atoms with van der Waals surface area (Å²) in [6, 6.07) is 3.76. The van der Waals surface area contributed by atoms with Gasteiger partial charge in [0.15, 0.2) is 0 Å². The first-order valence-corrected chi connectivity index (χ1v) is 3.85. The first-order chi connectivity index (χ1) is 6.59. The maximum Gasteiger partial charge on any atom is 0.352 e. The van der Waals surface area contributed by atoms with Crippen molar-refractivity contribution in [2.24, 2.45) is 5.10 Å². The van der Waals surface area contributed by atoms with Crippen LogP contribution in [-0.4, -0.2) is 11.3 Å². The molecule has 0 aliphatic heterocycles. The molecule has 0 atom stereocenters. The van der Waals surface area contributed by atoms with Crippen LogP contribution in [0.3, 0.4) is 0 Å².